The smallest absolute Gasteiger partial charge is 0.246 e. The van der Waals surface area contributed by atoms with Crippen molar-refractivity contribution in [1.29, 1.82) is 0 Å². The molecule has 7 nitrogen and oxygen atoms in total. The van der Waals surface area contributed by atoms with Crippen LogP contribution in [0.25, 0.3) is 22.3 Å². The number of hydrogen-bond acceptors (Lipinski definition) is 4. The van der Waals surface area contributed by atoms with E-state index in [1.165, 1.54) is 12.1 Å². The number of benzene rings is 2. The lowest BCUT2D eigenvalue weighted by molar-refractivity contribution is 0.375. The first-order valence-electron chi connectivity index (χ1n) is 9.41. The Morgan fingerprint density at radius 2 is 2.10 bits per heavy atom. The minimum absolute atomic E-state index is 0. The van der Waals surface area contributed by atoms with Crippen LogP contribution in [0.5, 0.6) is 0 Å². The maximum absolute atomic E-state index is 13.3. The van der Waals surface area contributed by atoms with Crippen molar-refractivity contribution in [3.8, 4) is 11.4 Å². The molecule has 0 saturated heterocycles. The molecule has 0 unspecified atom stereocenters. The largest absolute Gasteiger partial charge is 0.361 e. The van der Waals surface area contributed by atoms with E-state index in [1.807, 2.05) is 18.3 Å². The highest BCUT2D eigenvalue weighted by Gasteiger charge is 2.10. The second kappa shape index (κ2) is 10.6. The average molecular weight is 555 g/mol. The van der Waals surface area contributed by atoms with Gasteiger partial charge in [0, 0.05) is 41.3 Å². The predicted molar refractivity (Wildman–Crippen MR) is 130 cm³/mol. The summed E-state index contributed by atoms with van der Waals surface area (Å²) in [5, 5.41) is 12.0. The number of rotatable bonds is 6. The van der Waals surface area contributed by atoms with Crippen molar-refractivity contribution >= 4 is 52.4 Å². The first-order chi connectivity index (χ1) is 14.6. The Kier molecular flexibility index (Phi) is 7.85. The fourth-order valence-corrected chi connectivity index (χ4v) is 3.32. The summed E-state index contributed by atoms with van der Waals surface area (Å²) in [6.45, 7) is 0.987. The van der Waals surface area contributed by atoms with E-state index < -0.39 is 0 Å². The zero-order chi connectivity index (χ0) is 20.9. The van der Waals surface area contributed by atoms with E-state index in [0.717, 1.165) is 28.5 Å². The number of aromatic nitrogens is 3. The van der Waals surface area contributed by atoms with Gasteiger partial charge in [-0.05, 0) is 42.3 Å². The third kappa shape index (κ3) is 5.73. The molecule has 0 spiro atoms. The molecule has 31 heavy (non-hydrogen) atoms. The average Bonchev–Trinajstić information content (AvgIpc) is 3.37. The van der Waals surface area contributed by atoms with Gasteiger partial charge < -0.3 is 20.1 Å². The Hall–Kier alpha value is -2.66. The number of nitrogens with zero attached hydrogens (tertiary/aromatic N) is 3. The topological polar surface area (TPSA) is 91.1 Å². The van der Waals surface area contributed by atoms with E-state index in [4.69, 9.17) is 16.1 Å². The van der Waals surface area contributed by atoms with Crippen molar-refractivity contribution in [2.45, 2.75) is 13.0 Å². The zero-order valence-corrected chi connectivity index (χ0v) is 19.7. The van der Waals surface area contributed by atoms with Gasteiger partial charge in [-0.3, -0.25) is 4.99 Å². The summed E-state index contributed by atoms with van der Waals surface area (Å²) in [6.07, 6.45) is 2.66. The lowest BCUT2D eigenvalue weighted by Crippen LogP contribution is -2.37. The van der Waals surface area contributed by atoms with Crippen LogP contribution in [-0.4, -0.2) is 34.7 Å². The maximum atomic E-state index is 13.3. The van der Waals surface area contributed by atoms with E-state index in [0.29, 0.717) is 35.8 Å². The second-order valence-electron chi connectivity index (χ2n) is 6.63. The fourth-order valence-electron chi connectivity index (χ4n) is 3.13. The van der Waals surface area contributed by atoms with Crippen LogP contribution in [0.1, 0.15) is 11.5 Å². The number of aromatic amines is 1. The molecule has 10 heteroatoms. The van der Waals surface area contributed by atoms with Gasteiger partial charge in [0.15, 0.2) is 5.96 Å². The van der Waals surface area contributed by atoms with Crippen molar-refractivity contribution < 1.29 is 8.91 Å². The van der Waals surface area contributed by atoms with Crippen LogP contribution in [0.2, 0.25) is 5.02 Å². The van der Waals surface area contributed by atoms with E-state index in [-0.39, 0.29) is 29.8 Å². The quantitative estimate of drug-likeness (QED) is 0.185. The molecule has 2 heterocycles. The minimum Gasteiger partial charge on any atom is -0.361 e. The fraction of sp³-hybridized carbons (Fsp3) is 0.190. The monoisotopic (exact) mass is 554 g/mol. The Morgan fingerprint density at radius 1 is 1.23 bits per heavy atom. The van der Waals surface area contributed by atoms with Crippen LogP contribution >= 0.6 is 35.6 Å². The normalized spacial score (nSPS) is 11.4. The summed E-state index contributed by atoms with van der Waals surface area (Å²) < 4.78 is 18.6. The molecule has 4 rings (SSSR count). The van der Waals surface area contributed by atoms with E-state index >= 15 is 0 Å². The van der Waals surface area contributed by atoms with Crippen molar-refractivity contribution in [1.82, 2.24) is 25.8 Å². The van der Waals surface area contributed by atoms with Gasteiger partial charge in [0.05, 0.1) is 6.54 Å². The highest BCUT2D eigenvalue weighted by Crippen LogP contribution is 2.20. The Balaban J connectivity index is 0.00000272. The SMILES string of the molecule is CN=C(NCCc1c[nH]c2cc(F)ccc12)NCc1nc(-c2cccc(Cl)c2)no1.I. The van der Waals surface area contributed by atoms with Crippen molar-refractivity contribution in [2.75, 3.05) is 13.6 Å². The summed E-state index contributed by atoms with van der Waals surface area (Å²) in [5.41, 5.74) is 2.69. The molecule has 2 aromatic carbocycles. The molecule has 0 aliphatic carbocycles. The molecular weight excluding hydrogens is 534 g/mol. The van der Waals surface area contributed by atoms with Crippen LogP contribution in [0.15, 0.2) is 58.2 Å². The number of nitrogens with one attached hydrogen (secondary N) is 3. The molecule has 0 aliphatic rings. The van der Waals surface area contributed by atoms with Crippen LogP contribution < -0.4 is 10.6 Å². The number of H-pyrrole nitrogens is 1. The first kappa shape index (κ1) is 23.0. The van der Waals surface area contributed by atoms with Gasteiger partial charge in [0.1, 0.15) is 5.82 Å². The third-order valence-electron chi connectivity index (χ3n) is 4.60. The first-order valence-corrected chi connectivity index (χ1v) is 9.79. The molecule has 0 atom stereocenters. The maximum Gasteiger partial charge on any atom is 0.246 e. The van der Waals surface area contributed by atoms with Gasteiger partial charge in [0.2, 0.25) is 11.7 Å². The molecule has 0 amide bonds. The predicted octanol–water partition coefficient (Wildman–Crippen LogP) is 4.54. The number of guanidine groups is 1. The Morgan fingerprint density at radius 3 is 2.90 bits per heavy atom. The molecule has 2 aromatic heterocycles. The molecule has 0 radical (unpaired) electrons. The highest BCUT2D eigenvalue weighted by atomic mass is 127. The summed E-state index contributed by atoms with van der Waals surface area (Å²) in [7, 11) is 1.69. The molecule has 4 aromatic rings. The van der Waals surface area contributed by atoms with Crippen molar-refractivity contribution in [2.24, 2.45) is 4.99 Å². The molecule has 0 bridgehead atoms. The van der Waals surface area contributed by atoms with Gasteiger partial charge in [-0.1, -0.05) is 28.9 Å². The van der Waals surface area contributed by atoms with Crippen LogP contribution in [0.3, 0.4) is 0 Å². The number of aliphatic imine (C=N–C) groups is 1. The van der Waals surface area contributed by atoms with E-state index in [1.54, 1.807) is 25.2 Å². The van der Waals surface area contributed by atoms with Gasteiger partial charge in [0.25, 0.3) is 0 Å². The molecule has 0 fully saturated rings. The highest BCUT2D eigenvalue weighted by molar-refractivity contribution is 14.0. The van der Waals surface area contributed by atoms with Gasteiger partial charge >= 0.3 is 0 Å². The minimum atomic E-state index is -0.252. The standard InChI is InChI=1S/C21H20ClFN6O.HI/c1-24-21(25-8-7-14-11-26-18-10-16(23)5-6-17(14)18)27-12-19-28-20(29-30-19)13-3-2-4-15(22)9-13;/h2-6,9-11,26H,7-8,12H2,1H3,(H2,24,25,27);1H. The molecule has 3 N–H and O–H groups in total. The van der Waals surface area contributed by atoms with Crippen molar-refractivity contribution in [3.63, 3.8) is 0 Å². The van der Waals surface area contributed by atoms with Crippen LogP contribution in [0, 0.1) is 5.82 Å². The third-order valence-corrected chi connectivity index (χ3v) is 4.83. The van der Waals surface area contributed by atoms with Crippen LogP contribution in [-0.2, 0) is 13.0 Å². The summed E-state index contributed by atoms with van der Waals surface area (Å²) >= 11 is 6.01. The number of fused-ring (bicyclic) bond motifs is 1. The van der Waals surface area contributed by atoms with Crippen LogP contribution in [0.4, 0.5) is 4.39 Å². The van der Waals surface area contributed by atoms with Gasteiger partial charge in [-0.15, -0.1) is 24.0 Å². The summed E-state index contributed by atoms with van der Waals surface area (Å²) in [5.74, 6) is 1.28. The molecule has 0 saturated carbocycles. The summed E-state index contributed by atoms with van der Waals surface area (Å²) in [6, 6.07) is 12.0. The Labute approximate surface area is 200 Å². The summed E-state index contributed by atoms with van der Waals surface area (Å²) in [4.78, 5) is 11.7. The number of hydrogen-bond donors (Lipinski definition) is 3. The Bertz CT molecular complexity index is 1190. The second-order valence-corrected chi connectivity index (χ2v) is 7.06. The van der Waals surface area contributed by atoms with Gasteiger partial charge in [-0.25, -0.2) is 4.39 Å². The van der Waals surface area contributed by atoms with E-state index in [9.17, 15) is 4.39 Å². The lowest BCUT2D eigenvalue weighted by atomic mass is 10.1. The zero-order valence-electron chi connectivity index (χ0n) is 16.7. The van der Waals surface area contributed by atoms with Gasteiger partial charge in [-0.2, -0.15) is 4.98 Å². The lowest BCUT2D eigenvalue weighted by Gasteiger charge is -2.10. The molecular formula is C21H21ClFIN6O. The molecule has 162 valence electrons. The molecule has 0 aliphatic heterocycles. The van der Waals surface area contributed by atoms with Crippen molar-refractivity contribution in [3.05, 3.63) is 71.0 Å². The van der Waals surface area contributed by atoms with E-state index in [2.05, 4.69) is 30.8 Å². The number of halogens is 3.